The summed E-state index contributed by atoms with van der Waals surface area (Å²) in [4.78, 5) is 13.2. The molecule has 9 heteroatoms. The highest BCUT2D eigenvalue weighted by atomic mass is 32.2. The van der Waals surface area contributed by atoms with Crippen LogP contribution in [0.25, 0.3) is 16.9 Å². The van der Waals surface area contributed by atoms with Gasteiger partial charge in [0.2, 0.25) is 10.0 Å². The molecule has 0 aliphatic rings. The molecule has 0 saturated carbocycles. The maximum atomic E-state index is 13.4. The Balaban J connectivity index is 1.62. The minimum atomic E-state index is -3.41. The van der Waals surface area contributed by atoms with Gasteiger partial charge in [-0.2, -0.15) is 5.10 Å². The smallest absolute Gasteiger partial charge is 0.255 e. The molecule has 0 radical (unpaired) electrons. The van der Waals surface area contributed by atoms with Gasteiger partial charge in [-0.15, -0.1) is 0 Å². The number of carbonyl (C=O) groups excluding carboxylic acids is 1. The quantitative estimate of drug-likeness (QED) is 0.415. The van der Waals surface area contributed by atoms with Crippen molar-refractivity contribution in [3.05, 3.63) is 102 Å². The average Bonchev–Trinajstić information content (AvgIpc) is 3.23. The number of hydrogen-bond acceptors (Lipinski definition) is 4. The number of hydrogen-bond donors (Lipinski definition) is 2. The second-order valence-electron chi connectivity index (χ2n) is 7.94. The number of benzene rings is 3. The van der Waals surface area contributed by atoms with Gasteiger partial charge in [0.1, 0.15) is 11.5 Å². The Hall–Kier alpha value is -3.98. The van der Waals surface area contributed by atoms with Gasteiger partial charge in [0.15, 0.2) is 0 Å². The molecule has 0 unspecified atom stereocenters. The van der Waals surface area contributed by atoms with Gasteiger partial charge in [-0.25, -0.2) is 17.5 Å². The Morgan fingerprint density at radius 3 is 2.47 bits per heavy atom. The van der Waals surface area contributed by atoms with Crippen molar-refractivity contribution in [3.63, 3.8) is 0 Å². The number of nitrogens with zero attached hydrogens (tertiary/aromatic N) is 2. The van der Waals surface area contributed by atoms with Gasteiger partial charge in [-0.05, 0) is 55.0 Å². The van der Waals surface area contributed by atoms with E-state index in [0.29, 0.717) is 22.6 Å². The summed E-state index contributed by atoms with van der Waals surface area (Å²) >= 11 is 0. The molecule has 4 aromatic rings. The van der Waals surface area contributed by atoms with Gasteiger partial charge < -0.3 is 5.32 Å². The number of anilines is 1. The molecule has 1 amide bonds. The first-order valence-corrected chi connectivity index (χ1v) is 12.3. The van der Waals surface area contributed by atoms with Gasteiger partial charge in [-0.3, -0.25) is 9.52 Å². The molecule has 34 heavy (non-hydrogen) atoms. The summed E-state index contributed by atoms with van der Waals surface area (Å²) in [5, 5.41) is 7.48. The number of carbonyl (C=O) groups is 1. The van der Waals surface area contributed by atoms with Crippen LogP contribution in [0, 0.1) is 12.7 Å². The lowest BCUT2D eigenvalue weighted by molar-refractivity contribution is 0.0951. The molecule has 0 aliphatic heterocycles. The van der Waals surface area contributed by atoms with Crippen LogP contribution < -0.4 is 10.0 Å². The van der Waals surface area contributed by atoms with Crippen LogP contribution in [0.3, 0.4) is 0 Å². The molecule has 7 nitrogen and oxygen atoms in total. The topological polar surface area (TPSA) is 93.1 Å². The fraction of sp³-hybridized carbons (Fsp3) is 0.120. The van der Waals surface area contributed by atoms with Crippen molar-refractivity contribution in [3.8, 4) is 16.9 Å². The molecule has 0 saturated heterocycles. The fourth-order valence-electron chi connectivity index (χ4n) is 3.51. The number of nitrogens with one attached hydrogen (secondary N) is 2. The van der Waals surface area contributed by atoms with Crippen molar-refractivity contribution in [1.82, 2.24) is 15.1 Å². The van der Waals surface area contributed by atoms with Gasteiger partial charge >= 0.3 is 0 Å². The van der Waals surface area contributed by atoms with Gasteiger partial charge in [0.25, 0.3) is 5.91 Å². The molecule has 0 fully saturated rings. The zero-order chi connectivity index (χ0) is 24.3. The molecule has 3 aromatic carbocycles. The zero-order valence-electron chi connectivity index (χ0n) is 18.6. The lowest BCUT2D eigenvalue weighted by Crippen LogP contribution is -2.23. The highest BCUT2D eigenvalue weighted by molar-refractivity contribution is 7.92. The summed E-state index contributed by atoms with van der Waals surface area (Å²) in [5.41, 5.74) is 4.43. The van der Waals surface area contributed by atoms with Crippen molar-refractivity contribution in [2.45, 2.75) is 13.5 Å². The Kier molecular flexibility index (Phi) is 6.47. The van der Waals surface area contributed by atoms with E-state index in [1.807, 2.05) is 31.2 Å². The number of sulfonamides is 1. The van der Waals surface area contributed by atoms with Crippen LogP contribution in [0.15, 0.2) is 79.0 Å². The Morgan fingerprint density at radius 1 is 1.03 bits per heavy atom. The number of aromatic nitrogens is 2. The van der Waals surface area contributed by atoms with Gasteiger partial charge in [0, 0.05) is 24.0 Å². The van der Waals surface area contributed by atoms with Crippen molar-refractivity contribution in [2.24, 2.45) is 0 Å². The lowest BCUT2D eigenvalue weighted by Gasteiger charge is -2.08. The monoisotopic (exact) mass is 478 g/mol. The highest BCUT2D eigenvalue weighted by Gasteiger charge is 2.19. The summed E-state index contributed by atoms with van der Waals surface area (Å²) < 4.78 is 40.3. The Bertz CT molecular complexity index is 1450. The molecule has 0 spiro atoms. The molecule has 174 valence electrons. The number of rotatable bonds is 7. The van der Waals surface area contributed by atoms with E-state index in [1.54, 1.807) is 47.3 Å². The molecule has 0 bridgehead atoms. The van der Waals surface area contributed by atoms with Crippen LogP contribution in [0.1, 0.15) is 21.5 Å². The van der Waals surface area contributed by atoms with E-state index in [2.05, 4.69) is 15.1 Å². The Morgan fingerprint density at radius 2 is 1.76 bits per heavy atom. The predicted octanol–water partition coefficient (Wildman–Crippen LogP) is 4.29. The van der Waals surface area contributed by atoms with Crippen molar-refractivity contribution in [1.29, 1.82) is 0 Å². The minimum Gasteiger partial charge on any atom is -0.348 e. The third kappa shape index (κ3) is 5.68. The third-order valence-corrected chi connectivity index (χ3v) is 5.63. The van der Waals surface area contributed by atoms with E-state index >= 15 is 0 Å². The number of halogens is 1. The Labute approximate surface area is 197 Å². The van der Waals surface area contributed by atoms with Crippen LogP contribution in [-0.2, 0) is 16.6 Å². The van der Waals surface area contributed by atoms with Crippen LogP contribution in [0.5, 0.6) is 0 Å². The molecule has 2 N–H and O–H groups in total. The van der Waals surface area contributed by atoms with E-state index < -0.39 is 10.0 Å². The van der Waals surface area contributed by atoms with Crippen molar-refractivity contribution >= 4 is 21.6 Å². The highest BCUT2D eigenvalue weighted by Crippen LogP contribution is 2.25. The van der Waals surface area contributed by atoms with Crippen molar-refractivity contribution < 1.29 is 17.6 Å². The van der Waals surface area contributed by atoms with E-state index in [4.69, 9.17) is 0 Å². The first-order valence-electron chi connectivity index (χ1n) is 10.5. The van der Waals surface area contributed by atoms with Crippen LogP contribution in [0.4, 0.5) is 10.1 Å². The third-order valence-electron chi connectivity index (χ3n) is 5.02. The molecule has 0 aliphatic carbocycles. The van der Waals surface area contributed by atoms with E-state index in [0.717, 1.165) is 22.9 Å². The van der Waals surface area contributed by atoms with E-state index in [1.165, 1.54) is 12.1 Å². The first kappa shape index (κ1) is 23.2. The van der Waals surface area contributed by atoms with E-state index in [-0.39, 0.29) is 18.3 Å². The minimum absolute atomic E-state index is 0.188. The standard InChI is InChI=1S/C25H23FN4O3S/c1-17-5-3-7-19(13-17)24-23(16-30(28-24)22-11-9-20(26)10-12-22)25(31)27-15-18-6-4-8-21(14-18)29-34(2,32)33/h3-14,16,29H,15H2,1-2H3,(H,27,31). The summed E-state index contributed by atoms with van der Waals surface area (Å²) in [6.45, 7) is 2.14. The zero-order valence-corrected chi connectivity index (χ0v) is 19.4. The molecular formula is C25H23FN4O3S. The second kappa shape index (κ2) is 9.48. The van der Waals surface area contributed by atoms with Gasteiger partial charge in [0.05, 0.1) is 17.5 Å². The van der Waals surface area contributed by atoms with Crippen LogP contribution in [0.2, 0.25) is 0 Å². The van der Waals surface area contributed by atoms with Gasteiger partial charge in [-0.1, -0.05) is 35.9 Å². The summed E-state index contributed by atoms with van der Waals surface area (Å²) in [5.74, 6) is -0.702. The fourth-order valence-corrected chi connectivity index (χ4v) is 4.06. The number of amides is 1. The van der Waals surface area contributed by atoms with Crippen molar-refractivity contribution in [2.75, 3.05) is 11.0 Å². The summed E-state index contributed by atoms with van der Waals surface area (Å²) in [7, 11) is -3.41. The largest absolute Gasteiger partial charge is 0.348 e. The molecule has 1 heterocycles. The average molecular weight is 479 g/mol. The summed E-state index contributed by atoms with van der Waals surface area (Å²) in [6.07, 6.45) is 2.69. The van der Waals surface area contributed by atoms with Crippen LogP contribution in [-0.4, -0.2) is 30.4 Å². The molecule has 1 aromatic heterocycles. The first-order chi connectivity index (χ1) is 16.2. The second-order valence-corrected chi connectivity index (χ2v) is 9.69. The normalized spacial score (nSPS) is 11.3. The molecular weight excluding hydrogens is 455 g/mol. The molecule has 4 rings (SSSR count). The maximum Gasteiger partial charge on any atom is 0.255 e. The number of aryl methyl sites for hydroxylation is 1. The lowest BCUT2D eigenvalue weighted by atomic mass is 10.1. The predicted molar refractivity (Wildman–Crippen MR) is 130 cm³/mol. The SMILES string of the molecule is Cc1cccc(-c2nn(-c3ccc(F)cc3)cc2C(=O)NCc2cccc(NS(C)(=O)=O)c2)c1. The van der Waals surface area contributed by atoms with E-state index in [9.17, 15) is 17.6 Å². The maximum absolute atomic E-state index is 13.4. The van der Waals surface area contributed by atoms with Crippen LogP contribution >= 0.6 is 0 Å². The molecule has 0 atom stereocenters. The summed E-state index contributed by atoms with van der Waals surface area (Å²) in [6, 6.07) is 20.3.